The van der Waals surface area contributed by atoms with E-state index in [0.29, 0.717) is 11.4 Å². The number of hydrogen-bond acceptors (Lipinski definition) is 4. The van der Waals surface area contributed by atoms with Crippen LogP contribution >= 0.6 is 15.8 Å². The van der Waals surface area contributed by atoms with Crippen LogP contribution in [0, 0.1) is 12.1 Å². The van der Waals surface area contributed by atoms with E-state index in [-0.39, 0.29) is 75.5 Å². The van der Waals surface area contributed by atoms with Gasteiger partial charge in [-0.15, -0.1) is 82.7 Å². The van der Waals surface area contributed by atoms with Crippen molar-refractivity contribution in [3.63, 3.8) is 0 Å². The maximum Gasteiger partial charge on any atom is 2.00 e. The van der Waals surface area contributed by atoms with Crippen molar-refractivity contribution in [2.75, 3.05) is 12.3 Å². The second-order valence-electron chi connectivity index (χ2n) is 19.8. The van der Waals surface area contributed by atoms with Crippen molar-refractivity contribution in [2.24, 2.45) is 0 Å². The van der Waals surface area contributed by atoms with E-state index in [1.807, 2.05) is 53.7 Å². The average molecular weight is 1460 g/mol. The number of rotatable bonds is 11. The average Bonchev–Trinajstić information content (AvgIpc) is 4.28. The molecule has 4 aromatic heterocycles. The zero-order chi connectivity index (χ0) is 54.1. The SMILES string of the molecule is CC(C)(C)c1cc(-c2[n-]cnc2C(F)(F)F)[c-]c(-n2cccn2)c1.CC(C)(C)c1cc(-c2[n-]cnc2C(F)(F)F)[c-]c(-n2cccn2)c1.[Pt+2].[Pt+2].c1ccc([PH+](CC[PH+](c2ccccc2)c2ccccc2)c2ccccc2)cc1. The fourth-order valence-corrected chi connectivity index (χ4v) is 14.6. The molecule has 0 saturated carbocycles. The van der Waals surface area contributed by atoms with E-state index >= 15 is 0 Å². The van der Waals surface area contributed by atoms with Gasteiger partial charge in [0, 0.05) is 24.8 Å². The largest absolute Gasteiger partial charge is 2.00 e. The molecule has 0 spiro atoms. The van der Waals surface area contributed by atoms with E-state index in [9.17, 15) is 26.3 Å². The number of nitrogens with zero attached hydrogens (tertiary/aromatic N) is 8. The fraction of sp³-hybridized carbons (Fsp3) is 0.200. The van der Waals surface area contributed by atoms with Gasteiger partial charge in [-0.3, -0.25) is 9.36 Å². The summed E-state index contributed by atoms with van der Waals surface area (Å²) in [5, 5.41) is 14.3. The van der Waals surface area contributed by atoms with Crippen LogP contribution in [0.1, 0.15) is 64.1 Å². The molecule has 0 aliphatic heterocycles. The molecule has 10 aromatic rings. The zero-order valence-corrected chi connectivity index (χ0v) is 49.9. The minimum absolute atomic E-state index is 0. The molecular weight excluding hydrogens is 1400 g/mol. The molecule has 0 saturated heterocycles. The standard InChI is InChI=1S/C26H24P2.2C17H15F3N4.2Pt/c1-5-13-23(14-6-1)27(24-15-7-2-8-16-24)21-22-28(25-17-9-3-10-18-25)26-19-11-4-12-20-26;2*1-16(2,3)12-7-11(8-13(9-12)24-6-4-5-23-24)14-15(17(18,19)20)22-10-21-14;;/h1-20H,21-22H2;2*4-7,9-10H,1-3H3;;/q;2*-2;2*+2/p+2. The molecule has 0 N–H and O–H groups in total. The first kappa shape index (κ1) is 61.2. The molecule has 6 aromatic carbocycles. The maximum absolute atomic E-state index is 13.1. The van der Waals surface area contributed by atoms with Crippen molar-refractivity contribution in [3.05, 3.63) is 230 Å². The van der Waals surface area contributed by atoms with E-state index in [1.165, 1.54) is 33.5 Å². The molecule has 4 heterocycles. The number of imidazole rings is 2. The molecule has 0 atom stereocenters. The van der Waals surface area contributed by atoms with Gasteiger partial charge in [-0.05, 0) is 94.3 Å². The zero-order valence-electron chi connectivity index (χ0n) is 43.4. The molecule has 10 rings (SSSR count). The Morgan fingerprint density at radius 2 is 0.756 bits per heavy atom. The summed E-state index contributed by atoms with van der Waals surface area (Å²) in [5.41, 5.74) is 0.355. The van der Waals surface area contributed by atoms with Crippen molar-refractivity contribution in [2.45, 2.75) is 64.7 Å². The number of benzene rings is 6. The first-order chi connectivity index (χ1) is 36.2. The van der Waals surface area contributed by atoms with Gasteiger partial charge in [0.25, 0.3) is 0 Å². The van der Waals surface area contributed by atoms with Crippen LogP contribution in [-0.2, 0) is 65.3 Å². The minimum atomic E-state index is -4.57. The number of alkyl halides is 6. The Hall–Kier alpha value is -6.02. The van der Waals surface area contributed by atoms with Crippen molar-refractivity contribution < 1.29 is 68.5 Å². The molecule has 0 fully saturated rings. The molecule has 0 aliphatic rings. The number of hydrogen-bond donors (Lipinski definition) is 0. The quantitative estimate of drug-likeness (QED) is 0.0728. The van der Waals surface area contributed by atoms with Crippen molar-refractivity contribution in [3.8, 4) is 33.9 Å². The van der Waals surface area contributed by atoms with Crippen molar-refractivity contribution >= 4 is 37.1 Å². The predicted molar refractivity (Wildman–Crippen MR) is 296 cm³/mol. The molecule has 0 radical (unpaired) electrons. The molecule has 78 heavy (non-hydrogen) atoms. The van der Waals surface area contributed by atoms with Gasteiger partial charge in [0.05, 0.1) is 37.1 Å². The second kappa shape index (κ2) is 26.8. The van der Waals surface area contributed by atoms with Gasteiger partial charge < -0.3 is 19.9 Å². The summed E-state index contributed by atoms with van der Waals surface area (Å²) in [6.45, 7) is 11.9. The van der Waals surface area contributed by atoms with E-state index < -0.39 is 39.6 Å². The first-order valence-electron chi connectivity index (χ1n) is 24.4. The summed E-state index contributed by atoms with van der Waals surface area (Å²) in [6.07, 6.45) is 1.85. The summed E-state index contributed by atoms with van der Waals surface area (Å²) < 4.78 is 82.0. The normalized spacial score (nSPS) is 11.7. The molecule has 0 amide bonds. The monoisotopic (exact) mass is 1450 g/mol. The second-order valence-corrected chi connectivity index (χ2v) is 25.0. The molecule has 18 heteroatoms. The van der Waals surface area contributed by atoms with Crippen LogP contribution in [0.3, 0.4) is 0 Å². The molecule has 8 nitrogen and oxygen atoms in total. The summed E-state index contributed by atoms with van der Waals surface area (Å²) in [6, 6.07) is 61.0. The Bertz CT molecular complexity index is 3070. The third-order valence-corrected chi connectivity index (χ3v) is 18.4. The smallest absolute Gasteiger partial charge is 0.488 e. The molecular formula is C60H56F6N8P2Pt2+2. The summed E-state index contributed by atoms with van der Waals surface area (Å²) in [4.78, 5) is 14.4. The van der Waals surface area contributed by atoms with E-state index in [4.69, 9.17) is 0 Å². The Balaban J connectivity index is 0.000000188. The molecule has 0 aliphatic carbocycles. The van der Waals surface area contributed by atoms with Gasteiger partial charge >= 0.3 is 54.5 Å². The van der Waals surface area contributed by atoms with Crippen LogP contribution in [0.2, 0.25) is 0 Å². The van der Waals surface area contributed by atoms with Gasteiger partial charge in [-0.25, -0.2) is 0 Å². The Labute approximate surface area is 482 Å². The van der Waals surface area contributed by atoms with Crippen LogP contribution in [0.5, 0.6) is 0 Å². The summed E-state index contributed by atoms with van der Waals surface area (Å²) in [7, 11) is -1.57. The fourth-order valence-electron chi connectivity index (χ4n) is 8.36. The third-order valence-electron chi connectivity index (χ3n) is 12.3. The summed E-state index contributed by atoms with van der Waals surface area (Å²) in [5.74, 6) is 0. The van der Waals surface area contributed by atoms with Crippen LogP contribution in [0.15, 0.2) is 195 Å². The van der Waals surface area contributed by atoms with E-state index in [0.717, 1.165) is 23.8 Å². The van der Waals surface area contributed by atoms with Gasteiger partial charge in [0.15, 0.2) is 0 Å². The van der Waals surface area contributed by atoms with Crippen molar-refractivity contribution in [1.29, 1.82) is 0 Å². The molecule has 0 bridgehead atoms. The van der Waals surface area contributed by atoms with Crippen LogP contribution in [0.4, 0.5) is 26.3 Å². The van der Waals surface area contributed by atoms with E-state index in [1.54, 1.807) is 58.4 Å². The molecule has 0 unspecified atom stereocenters. The number of aromatic nitrogens is 8. The topological polar surface area (TPSA) is 89.6 Å². The predicted octanol–water partition coefficient (Wildman–Crippen LogP) is 12.7. The van der Waals surface area contributed by atoms with Crippen LogP contribution < -0.4 is 31.2 Å². The van der Waals surface area contributed by atoms with Crippen LogP contribution in [0.25, 0.3) is 33.9 Å². The first-order valence-corrected chi connectivity index (χ1v) is 27.8. The Morgan fingerprint density at radius 1 is 0.449 bits per heavy atom. The van der Waals surface area contributed by atoms with Gasteiger partial charge in [0.1, 0.15) is 12.3 Å². The summed E-state index contributed by atoms with van der Waals surface area (Å²) >= 11 is 0. The van der Waals surface area contributed by atoms with Crippen LogP contribution in [-0.4, -0.2) is 41.9 Å². The van der Waals surface area contributed by atoms with Gasteiger partial charge in [-0.1, -0.05) is 114 Å². The van der Waals surface area contributed by atoms with Crippen molar-refractivity contribution in [1.82, 2.24) is 39.5 Å². The third kappa shape index (κ3) is 15.8. The van der Waals surface area contributed by atoms with E-state index in [2.05, 4.69) is 164 Å². The number of halogens is 6. The minimum Gasteiger partial charge on any atom is -0.488 e. The Morgan fingerprint density at radius 3 is 1.01 bits per heavy atom. The molecule has 406 valence electrons. The van der Waals surface area contributed by atoms with Gasteiger partial charge in [0.2, 0.25) is 0 Å². The van der Waals surface area contributed by atoms with Gasteiger partial charge in [-0.2, -0.15) is 36.5 Å². The maximum atomic E-state index is 13.1. The Kier molecular flexibility index (Phi) is 21.0.